The van der Waals surface area contributed by atoms with E-state index in [-0.39, 0.29) is 26.9 Å². The van der Waals surface area contributed by atoms with E-state index >= 15 is 0 Å². The first-order chi connectivity index (χ1) is 5.27. The van der Waals surface area contributed by atoms with E-state index in [0.29, 0.717) is 0 Å². The van der Waals surface area contributed by atoms with Crippen LogP contribution in [0.5, 0.6) is 0 Å². The second kappa shape index (κ2) is 117. The summed E-state index contributed by atoms with van der Waals surface area (Å²) in [5, 5.41) is 0. The topological polar surface area (TPSA) is 51.2 Å². The van der Waals surface area contributed by atoms with Gasteiger partial charge in [-0.3, -0.25) is 20.4 Å². The fourth-order valence-corrected chi connectivity index (χ4v) is 0. The maximum atomic E-state index is 7.75. The zero-order valence-corrected chi connectivity index (χ0v) is 9.54. The molecule has 4 heteroatoms. The second-order valence-electron chi connectivity index (χ2n) is 1.05. The van der Waals surface area contributed by atoms with E-state index in [1.807, 2.05) is 6.92 Å². The summed E-state index contributed by atoms with van der Waals surface area (Å²) in [6, 6.07) is 0. The Balaban J connectivity index is -0.0000000135. The third kappa shape index (κ3) is 745. The van der Waals surface area contributed by atoms with Crippen molar-refractivity contribution in [1.82, 2.24) is 0 Å². The zero-order valence-electron chi connectivity index (χ0n) is 7.80. The molecule has 0 amide bonds. The predicted octanol–water partition coefficient (Wildman–Crippen LogP) is 1.37. The summed E-state index contributed by atoms with van der Waals surface area (Å²) in [4.78, 5) is 23.2. The monoisotopic (exact) mass is 272 g/mol. The van der Waals surface area contributed by atoms with Gasteiger partial charge in [-0.05, 0) is 6.92 Å². The van der Waals surface area contributed by atoms with Gasteiger partial charge >= 0.3 is 19.5 Å². The number of hydrogen-bond donors (Lipinski definition) is 0. The van der Waals surface area contributed by atoms with Gasteiger partial charge in [0, 0.05) is 0 Å². The van der Waals surface area contributed by atoms with Crippen LogP contribution in [0.3, 0.4) is 0 Å². The molecule has 0 bridgehead atoms. The SMILES string of the molecule is C=CC(=C)C.[CH-]=O.[CH-]=O.[CH-]=O.[CH3-].[Ru+4]. The van der Waals surface area contributed by atoms with Crippen molar-refractivity contribution in [2.75, 3.05) is 0 Å². The fourth-order valence-electron chi connectivity index (χ4n) is 0. The van der Waals surface area contributed by atoms with Crippen LogP contribution in [-0.4, -0.2) is 20.4 Å². The van der Waals surface area contributed by atoms with Crippen LogP contribution >= 0.6 is 0 Å². The molecular formula is C9H14O3Ru. The first kappa shape index (κ1) is 40.0. The van der Waals surface area contributed by atoms with E-state index in [9.17, 15) is 0 Å². The molecule has 76 valence electrons. The van der Waals surface area contributed by atoms with Gasteiger partial charge in [-0.1, -0.05) is 24.8 Å². The Labute approximate surface area is 93.7 Å². The van der Waals surface area contributed by atoms with Crippen LogP contribution < -0.4 is 0 Å². The third-order valence-electron chi connectivity index (χ3n) is 0.348. The van der Waals surface area contributed by atoms with Gasteiger partial charge in [0.05, 0.1) is 0 Å². The van der Waals surface area contributed by atoms with E-state index in [2.05, 4.69) is 33.5 Å². The number of carbonyl (C=O) groups excluding carboxylic acids is 3. The maximum Gasteiger partial charge on any atom is 4.00 e. The molecule has 0 spiro atoms. The van der Waals surface area contributed by atoms with Crippen molar-refractivity contribution in [2.24, 2.45) is 0 Å². The summed E-state index contributed by atoms with van der Waals surface area (Å²) in [6.07, 6.45) is 1.72. The molecule has 0 aliphatic heterocycles. The van der Waals surface area contributed by atoms with Crippen LogP contribution in [0.15, 0.2) is 24.8 Å². The van der Waals surface area contributed by atoms with Gasteiger partial charge in [0.25, 0.3) is 0 Å². The minimum absolute atomic E-state index is 0. The minimum atomic E-state index is 0. The number of rotatable bonds is 1. The van der Waals surface area contributed by atoms with Crippen LogP contribution in [0.4, 0.5) is 0 Å². The molecule has 0 atom stereocenters. The molecule has 0 saturated carbocycles. The molecule has 0 fully saturated rings. The van der Waals surface area contributed by atoms with Crippen molar-refractivity contribution < 1.29 is 33.9 Å². The number of hydrogen-bond acceptors (Lipinski definition) is 3. The molecule has 0 aliphatic rings. The normalized spacial score (nSPS) is 3.46. The molecule has 0 aromatic carbocycles. The standard InChI is InChI=1S/C5H8.3CHO.CH3.Ru/c1-4-5(2)3;3*1-2;;/h4H,1-2H2,3H3;3*1H;1H3;/q;4*-1;+4. The Hall–Kier alpha value is -0.887. The summed E-state index contributed by atoms with van der Waals surface area (Å²) >= 11 is 0. The molecule has 0 aromatic heterocycles. The van der Waals surface area contributed by atoms with E-state index in [1.165, 1.54) is 0 Å². The number of allylic oxidation sites excluding steroid dienone is 2. The molecule has 0 radical (unpaired) electrons. The molecule has 0 aromatic rings. The van der Waals surface area contributed by atoms with Crippen molar-refractivity contribution in [2.45, 2.75) is 6.92 Å². The Morgan fingerprint density at radius 3 is 1.15 bits per heavy atom. The van der Waals surface area contributed by atoms with Gasteiger partial charge in [0.1, 0.15) is 0 Å². The van der Waals surface area contributed by atoms with Gasteiger partial charge in [0.15, 0.2) is 0 Å². The molecule has 13 heavy (non-hydrogen) atoms. The first-order valence-electron chi connectivity index (χ1n) is 2.26. The predicted molar refractivity (Wildman–Crippen MR) is 51.7 cm³/mol. The Bertz CT molecular complexity index is 90.1. The Morgan fingerprint density at radius 2 is 1.15 bits per heavy atom. The van der Waals surface area contributed by atoms with E-state index in [1.54, 1.807) is 6.08 Å². The molecule has 0 heterocycles. The summed E-state index contributed by atoms with van der Waals surface area (Å²) in [5.41, 5.74) is 1.02. The fraction of sp³-hybridized carbons (Fsp3) is 0.111. The van der Waals surface area contributed by atoms with Crippen LogP contribution in [-0.2, 0) is 33.9 Å². The van der Waals surface area contributed by atoms with Crippen LogP contribution in [0.25, 0.3) is 0 Å². The van der Waals surface area contributed by atoms with Crippen LogP contribution in [0, 0.1) is 7.43 Å². The molecule has 0 aliphatic carbocycles. The summed E-state index contributed by atoms with van der Waals surface area (Å²) in [6.45, 7) is 18.7. The van der Waals surface area contributed by atoms with Crippen LogP contribution in [0.2, 0.25) is 0 Å². The van der Waals surface area contributed by atoms with Crippen molar-refractivity contribution in [3.8, 4) is 0 Å². The van der Waals surface area contributed by atoms with Gasteiger partial charge in [-0.2, -0.15) is 0 Å². The van der Waals surface area contributed by atoms with Gasteiger partial charge < -0.3 is 21.8 Å². The van der Waals surface area contributed by atoms with E-state index in [0.717, 1.165) is 5.57 Å². The Kier molecular flexibility index (Phi) is 361. The molecule has 0 rings (SSSR count). The minimum Gasteiger partial charge on any atom is -0.545 e. The third-order valence-corrected chi connectivity index (χ3v) is 0.348. The summed E-state index contributed by atoms with van der Waals surface area (Å²) in [7, 11) is 0. The van der Waals surface area contributed by atoms with Gasteiger partial charge in [-0.25, -0.2) is 0 Å². The Morgan fingerprint density at radius 1 is 1.08 bits per heavy atom. The van der Waals surface area contributed by atoms with Crippen molar-refractivity contribution in [1.29, 1.82) is 0 Å². The molecule has 3 nitrogen and oxygen atoms in total. The van der Waals surface area contributed by atoms with E-state index < -0.39 is 0 Å². The van der Waals surface area contributed by atoms with Crippen molar-refractivity contribution in [3.63, 3.8) is 0 Å². The van der Waals surface area contributed by atoms with Gasteiger partial charge in [-0.15, -0.1) is 0 Å². The molecular weight excluding hydrogens is 257 g/mol. The zero-order chi connectivity index (χ0) is 10.3. The maximum absolute atomic E-state index is 7.75. The summed E-state index contributed by atoms with van der Waals surface area (Å²) < 4.78 is 0. The van der Waals surface area contributed by atoms with Crippen molar-refractivity contribution in [3.05, 3.63) is 32.2 Å². The average molecular weight is 271 g/mol. The largest absolute Gasteiger partial charge is 4.00 e. The van der Waals surface area contributed by atoms with Crippen molar-refractivity contribution >= 4 is 20.4 Å². The smallest absolute Gasteiger partial charge is 0.545 e. The van der Waals surface area contributed by atoms with Crippen LogP contribution in [0.1, 0.15) is 6.92 Å². The second-order valence-corrected chi connectivity index (χ2v) is 1.05. The summed E-state index contributed by atoms with van der Waals surface area (Å²) in [5.74, 6) is 0. The quantitative estimate of drug-likeness (QED) is 0.313. The van der Waals surface area contributed by atoms with Gasteiger partial charge in [0.2, 0.25) is 0 Å². The molecule has 0 N–H and O–H groups in total. The average Bonchev–Trinajstić information content (AvgIpc) is 2.15. The molecule has 0 unspecified atom stereocenters. The first-order valence-corrected chi connectivity index (χ1v) is 2.26. The van der Waals surface area contributed by atoms with E-state index in [4.69, 9.17) is 14.4 Å². The molecule has 0 saturated heterocycles.